The quantitative estimate of drug-likeness (QED) is 0.750. The van der Waals surface area contributed by atoms with Gasteiger partial charge in [0.1, 0.15) is 5.75 Å². The lowest BCUT2D eigenvalue weighted by Gasteiger charge is -2.18. The third-order valence-electron chi connectivity index (χ3n) is 3.19. The van der Waals surface area contributed by atoms with Crippen LogP contribution in [0.15, 0.2) is 18.2 Å². The summed E-state index contributed by atoms with van der Waals surface area (Å²) in [6.07, 6.45) is 0.698. The van der Waals surface area contributed by atoms with Gasteiger partial charge in [-0.05, 0) is 24.0 Å². The molecule has 0 N–H and O–H groups in total. The smallest absolute Gasteiger partial charge is 0.313 e. The molecule has 3 heteroatoms. The number of ether oxygens (including phenoxy) is 2. The normalized spacial score (nSPS) is 12.3. The molecular formula is C15H22O3. The van der Waals surface area contributed by atoms with Crippen molar-refractivity contribution < 1.29 is 14.3 Å². The number of rotatable bonds is 5. The second-order valence-corrected chi connectivity index (χ2v) is 4.64. The molecule has 1 atom stereocenters. The van der Waals surface area contributed by atoms with E-state index in [0.29, 0.717) is 12.3 Å². The molecular weight excluding hydrogens is 228 g/mol. The van der Waals surface area contributed by atoms with E-state index in [9.17, 15) is 4.79 Å². The summed E-state index contributed by atoms with van der Waals surface area (Å²) in [6, 6.07) is 6.03. The number of carbonyl (C=O) groups is 1. The Morgan fingerprint density at radius 3 is 2.39 bits per heavy atom. The first-order chi connectivity index (χ1) is 8.54. The van der Waals surface area contributed by atoms with E-state index < -0.39 is 0 Å². The van der Waals surface area contributed by atoms with Crippen LogP contribution in [0, 0.1) is 0 Å². The summed E-state index contributed by atoms with van der Waals surface area (Å²) in [4.78, 5) is 11.8. The van der Waals surface area contributed by atoms with Crippen LogP contribution in [0.2, 0.25) is 0 Å². The highest BCUT2D eigenvalue weighted by molar-refractivity contribution is 5.79. The van der Waals surface area contributed by atoms with Crippen molar-refractivity contribution >= 4 is 5.97 Å². The van der Waals surface area contributed by atoms with E-state index in [2.05, 4.69) is 13.8 Å². The molecule has 18 heavy (non-hydrogen) atoms. The first-order valence-corrected chi connectivity index (χ1v) is 6.30. The predicted octanol–water partition coefficient (Wildman–Crippen LogP) is 3.49. The van der Waals surface area contributed by atoms with Gasteiger partial charge in [0.2, 0.25) is 0 Å². The molecule has 0 saturated carbocycles. The van der Waals surface area contributed by atoms with Crippen molar-refractivity contribution in [1.29, 1.82) is 0 Å². The van der Waals surface area contributed by atoms with Gasteiger partial charge in [-0.3, -0.25) is 4.79 Å². The fraction of sp³-hybridized carbons (Fsp3) is 0.533. The molecule has 3 nitrogen and oxygen atoms in total. The van der Waals surface area contributed by atoms with E-state index in [4.69, 9.17) is 9.47 Å². The molecule has 1 unspecified atom stereocenters. The summed E-state index contributed by atoms with van der Waals surface area (Å²) >= 11 is 0. The van der Waals surface area contributed by atoms with Crippen LogP contribution >= 0.6 is 0 Å². The number of benzene rings is 1. The molecule has 1 rings (SSSR count). The van der Waals surface area contributed by atoms with Crippen LogP contribution in [0.3, 0.4) is 0 Å². The van der Waals surface area contributed by atoms with E-state index in [-0.39, 0.29) is 11.9 Å². The first-order valence-electron chi connectivity index (χ1n) is 6.30. The fourth-order valence-electron chi connectivity index (χ4n) is 2.03. The van der Waals surface area contributed by atoms with E-state index in [0.717, 1.165) is 11.3 Å². The minimum absolute atomic E-state index is 0.215. The van der Waals surface area contributed by atoms with Crippen LogP contribution in [-0.4, -0.2) is 20.2 Å². The zero-order valence-corrected chi connectivity index (χ0v) is 11.8. The van der Waals surface area contributed by atoms with Crippen molar-refractivity contribution in [2.24, 2.45) is 0 Å². The van der Waals surface area contributed by atoms with Crippen molar-refractivity contribution in [2.75, 3.05) is 14.2 Å². The topological polar surface area (TPSA) is 35.5 Å². The molecule has 0 heterocycles. The van der Waals surface area contributed by atoms with Crippen LogP contribution in [0.25, 0.3) is 0 Å². The average molecular weight is 250 g/mol. The largest absolute Gasteiger partial charge is 0.496 e. The number of carbonyl (C=O) groups excluding carboxylic acids is 1. The summed E-state index contributed by atoms with van der Waals surface area (Å²) in [5.41, 5.74) is 2.10. The number of esters is 1. The van der Waals surface area contributed by atoms with Crippen molar-refractivity contribution in [3.05, 3.63) is 29.3 Å². The van der Waals surface area contributed by atoms with E-state index in [1.165, 1.54) is 12.7 Å². The van der Waals surface area contributed by atoms with E-state index >= 15 is 0 Å². The van der Waals surface area contributed by atoms with Gasteiger partial charge in [0.15, 0.2) is 0 Å². The van der Waals surface area contributed by atoms with Gasteiger partial charge in [0, 0.05) is 5.56 Å². The summed E-state index contributed by atoms with van der Waals surface area (Å²) in [5, 5.41) is 0. The van der Waals surface area contributed by atoms with Crippen LogP contribution in [0.5, 0.6) is 5.75 Å². The maximum atomic E-state index is 11.8. The van der Waals surface area contributed by atoms with Gasteiger partial charge in [-0.15, -0.1) is 0 Å². The molecule has 0 bridgehead atoms. The van der Waals surface area contributed by atoms with E-state index in [1.54, 1.807) is 7.11 Å². The number of hydrogen-bond donors (Lipinski definition) is 0. The lowest BCUT2D eigenvalue weighted by molar-refractivity contribution is -0.142. The van der Waals surface area contributed by atoms with Crippen LogP contribution in [-0.2, 0) is 9.53 Å². The minimum Gasteiger partial charge on any atom is -0.496 e. The SMILES string of the molecule is CCC(C(=O)OC)c1ccc(C(C)C)cc1OC. The Bertz CT molecular complexity index is 410. The fourth-order valence-corrected chi connectivity index (χ4v) is 2.03. The minimum atomic E-state index is -0.258. The van der Waals surface area contributed by atoms with E-state index in [1.807, 2.05) is 25.1 Å². The van der Waals surface area contributed by atoms with Crippen LogP contribution in [0.4, 0.5) is 0 Å². The number of methoxy groups -OCH3 is 2. The molecule has 0 amide bonds. The van der Waals surface area contributed by atoms with Crippen molar-refractivity contribution in [1.82, 2.24) is 0 Å². The summed E-state index contributed by atoms with van der Waals surface area (Å²) < 4.78 is 10.2. The Morgan fingerprint density at radius 1 is 1.28 bits per heavy atom. The molecule has 1 aromatic rings. The summed E-state index contributed by atoms with van der Waals surface area (Å²) in [5.74, 6) is 0.726. The highest BCUT2D eigenvalue weighted by Gasteiger charge is 2.23. The summed E-state index contributed by atoms with van der Waals surface area (Å²) in [6.45, 7) is 6.23. The zero-order chi connectivity index (χ0) is 13.7. The highest BCUT2D eigenvalue weighted by atomic mass is 16.5. The predicted molar refractivity (Wildman–Crippen MR) is 72.1 cm³/mol. The van der Waals surface area contributed by atoms with Crippen molar-refractivity contribution in [2.45, 2.75) is 39.0 Å². The molecule has 1 aromatic carbocycles. The molecule has 0 saturated heterocycles. The second-order valence-electron chi connectivity index (χ2n) is 4.64. The Kier molecular flexibility index (Phi) is 5.20. The molecule has 0 radical (unpaired) electrons. The van der Waals surface area contributed by atoms with Gasteiger partial charge in [-0.1, -0.05) is 32.9 Å². The number of hydrogen-bond acceptors (Lipinski definition) is 3. The molecule has 0 aliphatic carbocycles. The average Bonchev–Trinajstić information content (AvgIpc) is 2.39. The van der Waals surface area contributed by atoms with Crippen molar-refractivity contribution in [3.8, 4) is 5.75 Å². The van der Waals surface area contributed by atoms with Gasteiger partial charge in [-0.2, -0.15) is 0 Å². The standard InChI is InChI=1S/C15H22O3/c1-6-12(15(16)18-5)13-8-7-11(10(2)3)9-14(13)17-4/h7-10,12H,6H2,1-5H3. The molecule has 0 aliphatic heterocycles. The third-order valence-corrected chi connectivity index (χ3v) is 3.19. The Hall–Kier alpha value is -1.51. The molecule has 100 valence electrons. The Balaban J connectivity index is 3.18. The molecule has 0 aromatic heterocycles. The molecule has 0 aliphatic rings. The highest BCUT2D eigenvalue weighted by Crippen LogP contribution is 2.32. The maximum absolute atomic E-state index is 11.8. The maximum Gasteiger partial charge on any atom is 0.313 e. The third kappa shape index (κ3) is 3.03. The second kappa shape index (κ2) is 6.43. The van der Waals surface area contributed by atoms with Gasteiger partial charge in [-0.25, -0.2) is 0 Å². The van der Waals surface area contributed by atoms with Crippen molar-refractivity contribution in [3.63, 3.8) is 0 Å². The zero-order valence-electron chi connectivity index (χ0n) is 11.8. The summed E-state index contributed by atoms with van der Waals surface area (Å²) in [7, 11) is 3.05. The van der Waals surface area contributed by atoms with Gasteiger partial charge in [0.05, 0.1) is 20.1 Å². The van der Waals surface area contributed by atoms with Crippen LogP contribution < -0.4 is 4.74 Å². The van der Waals surface area contributed by atoms with Gasteiger partial charge >= 0.3 is 5.97 Å². The molecule has 0 fully saturated rings. The van der Waals surface area contributed by atoms with Crippen LogP contribution in [0.1, 0.15) is 50.2 Å². The lowest BCUT2D eigenvalue weighted by atomic mass is 9.92. The Morgan fingerprint density at radius 2 is 1.94 bits per heavy atom. The molecule has 0 spiro atoms. The monoisotopic (exact) mass is 250 g/mol. The lowest BCUT2D eigenvalue weighted by Crippen LogP contribution is -2.14. The van der Waals surface area contributed by atoms with Gasteiger partial charge < -0.3 is 9.47 Å². The van der Waals surface area contributed by atoms with Gasteiger partial charge in [0.25, 0.3) is 0 Å². The Labute approximate surface area is 109 Å². The first kappa shape index (κ1) is 14.6.